The third kappa shape index (κ3) is 4.82. The monoisotopic (exact) mass is 375 g/mol. The van der Waals surface area contributed by atoms with Gasteiger partial charge in [0.1, 0.15) is 0 Å². The molecule has 3 rings (SSSR count). The highest BCUT2D eigenvalue weighted by atomic mass is 32.1. The molecule has 0 aliphatic carbocycles. The molecule has 0 fully saturated rings. The molecule has 0 aliphatic rings. The number of carbonyl (C=O) groups is 1. The maximum atomic E-state index is 12.6. The Morgan fingerprint density at radius 1 is 1.11 bits per heavy atom. The van der Waals surface area contributed by atoms with Crippen molar-refractivity contribution in [2.24, 2.45) is 0 Å². The van der Waals surface area contributed by atoms with Gasteiger partial charge in [0.05, 0.1) is 23.7 Å². The first kappa shape index (κ1) is 18.8. The SMILES string of the molecule is Cc1ccc([C@H](N[C@@H](C)C(=O)Nc2cccc(C#N)c2)c2cccs2)cc1. The Labute approximate surface area is 163 Å². The molecular weight excluding hydrogens is 354 g/mol. The van der Waals surface area contributed by atoms with Crippen molar-refractivity contribution in [1.82, 2.24) is 5.32 Å². The van der Waals surface area contributed by atoms with Gasteiger partial charge in [-0.05, 0) is 49.1 Å². The number of nitriles is 1. The molecule has 3 aromatic rings. The van der Waals surface area contributed by atoms with Crippen LogP contribution < -0.4 is 10.6 Å². The van der Waals surface area contributed by atoms with Crippen LogP contribution in [0.3, 0.4) is 0 Å². The summed E-state index contributed by atoms with van der Waals surface area (Å²) in [5.41, 5.74) is 3.46. The molecule has 136 valence electrons. The molecule has 1 amide bonds. The zero-order valence-corrected chi connectivity index (χ0v) is 16.1. The molecule has 1 aromatic heterocycles. The topological polar surface area (TPSA) is 64.9 Å². The molecule has 1 heterocycles. The molecule has 4 nitrogen and oxygen atoms in total. The van der Waals surface area contributed by atoms with E-state index in [1.165, 1.54) is 5.56 Å². The van der Waals surface area contributed by atoms with Crippen LogP contribution in [0.1, 0.15) is 34.5 Å². The number of benzene rings is 2. The molecule has 2 atom stereocenters. The summed E-state index contributed by atoms with van der Waals surface area (Å²) in [5.74, 6) is -0.140. The molecule has 27 heavy (non-hydrogen) atoms. The van der Waals surface area contributed by atoms with Gasteiger partial charge in [-0.2, -0.15) is 5.26 Å². The van der Waals surface area contributed by atoms with Crippen molar-refractivity contribution >= 4 is 22.9 Å². The van der Waals surface area contributed by atoms with Gasteiger partial charge in [0.15, 0.2) is 0 Å². The van der Waals surface area contributed by atoms with Gasteiger partial charge in [0, 0.05) is 10.6 Å². The summed E-state index contributed by atoms with van der Waals surface area (Å²) in [6.07, 6.45) is 0. The van der Waals surface area contributed by atoms with Crippen molar-refractivity contribution in [1.29, 1.82) is 5.26 Å². The summed E-state index contributed by atoms with van der Waals surface area (Å²) in [6.45, 7) is 3.90. The highest BCUT2D eigenvalue weighted by Crippen LogP contribution is 2.27. The molecule has 0 saturated carbocycles. The van der Waals surface area contributed by atoms with Crippen LogP contribution in [0.25, 0.3) is 0 Å². The van der Waals surface area contributed by atoms with Gasteiger partial charge < -0.3 is 5.32 Å². The molecule has 0 spiro atoms. The molecule has 2 N–H and O–H groups in total. The molecule has 0 aliphatic heterocycles. The predicted octanol–water partition coefficient (Wildman–Crippen LogP) is 4.63. The van der Waals surface area contributed by atoms with Crippen LogP contribution in [-0.4, -0.2) is 11.9 Å². The maximum Gasteiger partial charge on any atom is 0.241 e. The number of amides is 1. The number of hydrogen-bond acceptors (Lipinski definition) is 4. The van der Waals surface area contributed by atoms with Gasteiger partial charge in [-0.3, -0.25) is 10.1 Å². The normalized spacial score (nSPS) is 12.8. The maximum absolute atomic E-state index is 12.6. The smallest absolute Gasteiger partial charge is 0.241 e. The van der Waals surface area contributed by atoms with Gasteiger partial charge in [0.25, 0.3) is 0 Å². The number of rotatable bonds is 6. The zero-order chi connectivity index (χ0) is 19.2. The van der Waals surface area contributed by atoms with E-state index in [4.69, 9.17) is 5.26 Å². The highest BCUT2D eigenvalue weighted by Gasteiger charge is 2.21. The average molecular weight is 375 g/mol. The Balaban J connectivity index is 1.75. The summed E-state index contributed by atoms with van der Waals surface area (Å²) in [6, 6.07) is 21.0. The minimum Gasteiger partial charge on any atom is -0.325 e. The molecule has 0 saturated heterocycles. The number of thiophene rings is 1. The second-order valence-electron chi connectivity index (χ2n) is 6.43. The van der Waals surface area contributed by atoms with Crippen molar-refractivity contribution < 1.29 is 4.79 Å². The van der Waals surface area contributed by atoms with Crippen molar-refractivity contribution in [2.75, 3.05) is 5.32 Å². The first-order valence-electron chi connectivity index (χ1n) is 8.74. The van der Waals surface area contributed by atoms with Crippen molar-refractivity contribution in [2.45, 2.75) is 25.9 Å². The fraction of sp³-hybridized carbons (Fsp3) is 0.182. The van der Waals surface area contributed by atoms with Gasteiger partial charge in [-0.15, -0.1) is 11.3 Å². The number of anilines is 1. The van der Waals surface area contributed by atoms with E-state index in [-0.39, 0.29) is 11.9 Å². The summed E-state index contributed by atoms with van der Waals surface area (Å²) >= 11 is 1.66. The Morgan fingerprint density at radius 3 is 2.56 bits per heavy atom. The average Bonchev–Trinajstić information content (AvgIpc) is 3.21. The highest BCUT2D eigenvalue weighted by molar-refractivity contribution is 7.10. The van der Waals surface area contributed by atoms with Gasteiger partial charge >= 0.3 is 0 Å². The van der Waals surface area contributed by atoms with Crippen LogP contribution in [0.2, 0.25) is 0 Å². The minimum atomic E-state index is -0.413. The van der Waals surface area contributed by atoms with Crippen LogP contribution in [-0.2, 0) is 4.79 Å². The Hall–Kier alpha value is -2.94. The molecule has 0 bridgehead atoms. The fourth-order valence-electron chi connectivity index (χ4n) is 2.80. The predicted molar refractivity (Wildman–Crippen MR) is 110 cm³/mol. The third-order valence-corrected chi connectivity index (χ3v) is 5.24. The largest absolute Gasteiger partial charge is 0.325 e. The van der Waals surface area contributed by atoms with E-state index in [2.05, 4.69) is 54.0 Å². The van der Waals surface area contributed by atoms with Gasteiger partial charge in [0.2, 0.25) is 5.91 Å². The van der Waals surface area contributed by atoms with Gasteiger partial charge in [-0.1, -0.05) is 42.0 Å². The Kier molecular flexibility index (Phi) is 6.02. The van der Waals surface area contributed by atoms with E-state index in [0.29, 0.717) is 11.3 Å². The van der Waals surface area contributed by atoms with Crippen LogP contribution in [0.4, 0.5) is 5.69 Å². The second-order valence-corrected chi connectivity index (χ2v) is 7.41. The van der Waals surface area contributed by atoms with E-state index in [9.17, 15) is 4.79 Å². The first-order chi connectivity index (χ1) is 13.1. The lowest BCUT2D eigenvalue weighted by Crippen LogP contribution is -2.40. The lowest BCUT2D eigenvalue weighted by Gasteiger charge is -2.23. The number of aryl methyl sites for hydroxylation is 1. The Bertz CT molecular complexity index is 942. The van der Waals surface area contributed by atoms with Crippen molar-refractivity contribution in [3.63, 3.8) is 0 Å². The fourth-order valence-corrected chi connectivity index (χ4v) is 3.61. The van der Waals surface area contributed by atoms with E-state index in [1.807, 2.05) is 18.4 Å². The second kappa shape index (κ2) is 8.63. The zero-order valence-electron chi connectivity index (χ0n) is 15.3. The minimum absolute atomic E-state index is 0.0585. The molecule has 0 unspecified atom stereocenters. The molecule has 2 aromatic carbocycles. The number of hydrogen-bond donors (Lipinski definition) is 2. The van der Waals surface area contributed by atoms with Crippen LogP contribution >= 0.6 is 11.3 Å². The van der Waals surface area contributed by atoms with E-state index in [1.54, 1.807) is 35.6 Å². The van der Waals surface area contributed by atoms with Crippen LogP contribution in [0.15, 0.2) is 66.0 Å². The lowest BCUT2D eigenvalue weighted by molar-refractivity contribution is -0.117. The van der Waals surface area contributed by atoms with Crippen LogP contribution in [0, 0.1) is 18.3 Å². The number of nitrogens with one attached hydrogen (secondary N) is 2. The quantitative estimate of drug-likeness (QED) is 0.660. The summed E-state index contributed by atoms with van der Waals surface area (Å²) in [7, 11) is 0. The van der Waals surface area contributed by atoms with Crippen molar-refractivity contribution in [3.05, 3.63) is 87.6 Å². The standard InChI is InChI=1S/C22H21N3OS/c1-15-8-10-18(11-9-15)21(20-7-4-12-27-20)24-16(2)22(26)25-19-6-3-5-17(13-19)14-23/h3-13,16,21,24H,1-2H3,(H,25,26)/t16-,21-/m0/s1. The third-order valence-electron chi connectivity index (χ3n) is 4.31. The van der Waals surface area contributed by atoms with Gasteiger partial charge in [-0.25, -0.2) is 0 Å². The van der Waals surface area contributed by atoms with Crippen LogP contribution in [0.5, 0.6) is 0 Å². The van der Waals surface area contributed by atoms with E-state index < -0.39 is 6.04 Å². The first-order valence-corrected chi connectivity index (χ1v) is 9.62. The summed E-state index contributed by atoms with van der Waals surface area (Å²) in [4.78, 5) is 13.8. The van der Waals surface area contributed by atoms with E-state index >= 15 is 0 Å². The Morgan fingerprint density at radius 2 is 1.89 bits per heavy atom. The lowest BCUT2D eigenvalue weighted by atomic mass is 10.0. The molecule has 0 radical (unpaired) electrons. The summed E-state index contributed by atoms with van der Waals surface area (Å²) in [5, 5.41) is 17.4. The molecule has 5 heteroatoms. The van der Waals surface area contributed by atoms with Crippen molar-refractivity contribution in [3.8, 4) is 6.07 Å². The van der Waals surface area contributed by atoms with E-state index in [0.717, 1.165) is 10.4 Å². The summed E-state index contributed by atoms with van der Waals surface area (Å²) < 4.78 is 0. The molecular formula is C22H21N3OS. The number of nitrogens with zero attached hydrogens (tertiary/aromatic N) is 1. The number of carbonyl (C=O) groups excluding carboxylic acids is 1.